The fourth-order valence-electron chi connectivity index (χ4n) is 3.45. The minimum Gasteiger partial charge on any atom is -0.496 e. The maximum atomic E-state index is 12.5. The highest BCUT2D eigenvalue weighted by Crippen LogP contribution is 2.32. The molecule has 1 atom stereocenters. The summed E-state index contributed by atoms with van der Waals surface area (Å²) in [5.74, 6) is -2.46. The molecule has 1 amide bonds. The molecular formula is C22H20N4O5. The summed E-state index contributed by atoms with van der Waals surface area (Å²) in [5.41, 5.74) is 7.12. The van der Waals surface area contributed by atoms with Crippen molar-refractivity contribution in [3.8, 4) is 17.7 Å². The van der Waals surface area contributed by atoms with E-state index in [4.69, 9.17) is 15.2 Å². The minimum absolute atomic E-state index is 0.102. The molecule has 0 saturated heterocycles. The molecule has 0 saturated carbocycles. The van der Waals surface area contributed by atoms with Crippen molar-refractivity contribution in [3.63, 3.8) is 0 Å². The van der Waals surface area contributed by atoms with Crippen molar-refractivity contribution in [3.05, 3.63) is 63.4 Å². The van der Waals surface area contributed by atoms with Crippen molar-refractivity contribution in [1.29, 1.82) is 5.26 Å². The third-order valence-electron chi connectivity index (χ3n) is 4.73. The predicted octanol–water partition coefficient (Wildman–Crippen LogP) is 0.896. The van der Waals surface area contributed by atoms with Gasteiger partial charge in [-0.3, -0.25) is 9.79 Å². The average molecular weight is 420 g/mol. The van der Waals surface area contributed by atoms with Crippen molar-refractivity contribution in [2.45, 2.75) is 13.8 Å². The summed E-state index contributed by atoms with van der Waals surface area (Å²) in [6.45, 7) is 3.65. The van der Waals surface area contributed by atoms with Gasteiger partial charge in [-0.05, 0) is 43.7 Å². The number of amides is 1. The van der Waals surface area contributed by atoms with Crippen LogP contribution in [0.15, 0.2) is 41.2 Å². The topological polar surface area (TPSA) is 148 Å². The van der Waals surface area contributed by atoms with Crippen LogP contribution in [-0.2, 0) is 4.79 Å². The first-order valence-corrected chi connectivity index (χ1v) is 9.36. The summed E-state index contributed by atoms with van der Waals surface area (Å²) < 4.78 is 11.2. The zero-order valence-corrected chi connectivity index (χ0v) is 17.2. The summed E-state index contributed by atoms with van der Waals surface area (Å²) in [6.07, 6.45) is 2.72. The number of methoxy groups -OCH3 is 1. The molecule has 2 aromatic rings. The van der Waals surface area contributed by atoms with Crippen LogP contribution in [0.4, 0.5) is 0 Å². The first-order chi connectivity index (χ1) is 14.8. The van der Waals surface area contributed by atoms with E-state index in [1.807, 2.05) is 6.07 Å². The van der Waals surface area contributed by atoms with Gasteiger partial charge in [-0.25, -0.2) is 9.78 Å². The number of allylic oxidation sites excluding steroid dienone is 1. The lowest BCUT2D eigenvalue weighted by Gasteiger charge is -2.18. The quantitative estimate of drug-likeness (QED) is 0.705. The molecule has 2 heterocycles. The number of ether oxygens (including phenoxy) is 2. The van der Waals surface area contributed by atoms with Crippen LogP contribution < -0.4 is 25.8 Å². The Balaban J connectivity index is 2.63. The number of aromatic nitrogens is 1. The number of rotatable bonds is 6. The summed E-state index contributed by atoms with van der Waals surface area (Å²) in [7, 11) is 1.43. The molecule has 9 nitrogen and oxygen atoms in total. The fourth-order valence-corrected chi connectivity index (χ4v) is 3.45. The third kappa shape index (κ3) is 3.96. The van der Waals surface area contributed by atoms with E-state index in [1.54, 1.807) is 32.1 Å². The van der Waals surface area contributed by atoms with E-state index in [0.29, 0.717) is 28.1 Å². The molecule has 158 valence electrons. The lowest BCUT2D eigenvalue weighted by atomic mass is 9.88. The number of nitriles is 1. The van der Waals surface area contributed by atoms with Crippen LogP contribution in [0, 0.1) is 17.2 Å². The van der Waals surface area contributed by atoms with Crippen molar-refractivity contribution in [2.24, 2.45) is 16.6 Å². The van der Waals surface area contributed by atoms with Crippen molar-refractivity contribution in [2.75, 3.05) is 13.7 Å². The average Bonchev–Trinajstić information content (AvgIpc) is 2.89. The number of aromatic carboxylic acids is 1. The molecule has 9 heteroatoms. The van der Waals surface area contributed by atoms with Gasteiger partial charge in [-0.15, -0.1) is 0 Å². The second-order valence-electron chi connectivity index (χ2n) is 6.68. The zero-order chi connectivity index (χ0) is 22.7. The van der Waals surface area contributed by atoms with E-state index in [-0.39, 0.29) is 28.6 Å². The van der Waals surface area contributed by atoms with Gasteiger partial charge in [-0.1, -0.05) is 0 Å². The van der Waals surface area contributed by atoms with E-state index in [1.165, 1.54) is 19.4 Å². The van der Waals surface area contributed by atoms with Crippen LogP contribution in [0.25, 0.3) is 5.57 Å². The first-order valence-electron chi connectivity index (χ1n) is 9.36. The number of benzene rings is 1. The number of carbonyl (C=O) groups is 2. The molecule has 1 aliphatic heterocycles. The molecule has 1 aromatic heterocycles. The molecule has 0 aliphatic carbocycles. The van der Waals surface area contributed by atoms with E-state index < -0.39 is 17.8 Å². The summed E-state index contributed by atoms with van der Waals surface area (Å²) in [5, 5.41) is 19.3. The van der Waals surface area contributed by atoms with Gasteiger partial charge in [0.05, 0.1) is 41.8 Å². The monoisotopic (exact) mass is 420 g/mol. The second-order valence-corrected chi connectivity index (χ2v) is 6.68. The lowest BCUT2D eigenvalue weighted by molar-refractivity contribution is -0.119. The Bertz CT molecular complexity index is 1270. The number of hydrogen-bond donors (Lipinski definition) is 2. The number of nitrogens with two attached hydrogens (primary N) is 1. The number of pyridine rings is 1. The molecule has 31 heavy (non-hydrogen) atoms. The standard InChI is InChI=1S/C22H20N4O5/c1-4-31-21-18-17(13-6-5-12(9-23)8-16(13)30-3)14(20(24)27)7-11(2)26-19(18)15(10-25-21)22(28)29/h5-8,10,14H,4H2,1-3H3,(H2,24,27)(H,28,29)/t14-/m0/s1. The van der Waals surface area contributed by atoms with E-state index in [9.17, 15) is 20.0 Å². The van der Waals surface area contributed by atoms with Crippen LogP contribution in [0.5, 0.6) is 11.6 Å². The van der Waals surface area contributed by atoms with Crippen molar-refractivity contribution in [1.82, 2.24) is 4.98 Å². The third-order valence-corrected chi connectivity index (χ3v) is 4.73. The number of nitrogens with zero attached hydrogens (tertiary/aromatic N) is 3. The van der Waals surface area contributed by atoms with Crippen molar-refractivity contribution < 1.29 is 24.2 Å². The summed E-state index contributed by atoms with van der Waals surface area (Å²) >= 11 is 0. The molecule has 0 radical (unpaired) electrons. The Morgan fingerprint density at radius 3 is 2.68 bits per heavy atom. The molecule has 0 fully saturated rings. The van der Waals surface area contributed by atoms with Gasteiger partial charge < -0.3 is 20.3 Å². The Labute approximate surface area is 177 Å². The number of carboxylic acids is 1. The van der Waals surface area contributed by atoms with E-state index in [0.717, 1.165) is 0 Å². The Morgan fingerprint density at radius 2 is 2.10 bits per heavy atom. The molecule has 0 bridgehead atoms. The Hall–Kier alpha value is -4.19. The molecule has 0 unspecified atom stereocenters. The lowest BCUT2D eigenvalue weighted by Crippen LogP contribution is -2.38. The highest BCUT2D eigenvalue weighted by atomic mass is 16.5. The van der Waals surface area contributed by atoms with Gasteiger partial charge in [0.1, 0.15) is 11.3 Å². The van der Waals surface area contributed by atoms with Crippen molar-refractivity contribution >= 4 is 17.4 Å². The Morgan fingerprint density at radius 1 is 1.35 bits per heavy atom. The number of fused-ring (bicyclic) bond motifs is 1. The second kappa shape index (κ2) is 8.67. The molecule has 3 rings (SSSR count). The summed E-state index contributed by atoms with van der Waals surface area (Å²) in [6, 6.07) is 6.74. The SMILES string of the molecule is CCOc1ncc(C(=O)O)c2c1=C(c1ccc(C#N)cc1OC)[C@@H](C(N)=O)C=C(C)N=2. The highest BCUT2D eigenvalue weighted by Gasteiger charge is 2.28. The van der Waals surface area contributed by atoms with Crippen LogP contribution in [-0.4, -0.2) is 35.7 Å². The highest BCUT2D eigenvalue weighted by molar-refractivity contribution is 5.95. The molecule has 0 spiro atoms. The minimum atomic E-state index is -1.23. The van der Waals surface area contributed by atoms with E-state index in [2.05, 4.69) is 9.98 Å². The number of hydrogen-bond acceptors (Lipinski definition) is 7. The molecule has 3 N–H and O–H groups in total. The number of primary amides is 1. The van der Waals surface area contributed by atoms with Gasteiger partial charge in [0, 0.05) is 17.5 Å². The predicted molar refractivity (Wildman–Crippen MR) is 110 cm³/mol. The van der Waals surface area contributed by atoms with Gasteiger partial charge in [0.25, 0.3) is 0 Å². The maximum Gasteiger partial charge on any atom is 0.339 e. The number of carbonyl (C=O) groups excluding carboxylic acids is 1. The van der Waals surface area contributed by atoms with Crippen LogP contribution in [0.2, 0.25) is 0 Å². The molecular weight excluding hydrogens is 400 g/mol. The summed E-state index contributed by atoms with van der Waals surface area (Å²) in [4.78, 5) is 33.0. The smallest absolute Gasteiger partial charge is 0.339 e. The van der Waals surface area contributed by atoms with Crippen LogP contribution >= 0.6 is 0 Å². The molecule has 1 aromatic carbocycles. The Kier molecular flexibility index (Phi) is 6.02. The van der Waals surface area contributed by atoms with Gasteiger partial charge in [0.2, 0.25) is 11.8 Å². The van der Waals surface area contributed by atoms with E-state index >= 15 is 0 Å². The maximum absolute atomic E-state index is 12.5. The molecule has 1 aliphatic rings. The van der Waals surface area contributed by atoms with Gasteiger partial charge in [-0.2, -0.15) is 5.26 Å². The van der Waals surface area contributed by atoms with Gasteiger partial charge in [0.15, 0.2) is 0 Å². The number of carboxylic acid groups (broad SMARTS) is 1. The fraction of sp³-hybridized carbons (Fsp3) is 0.227. The zero-order valence-electron chi connectivity index (χ0n) is 17.2. The normalized spacial score (nSPS) is 15.0. The first kappa shape index (κ1) is 21.5. The van der Waals surface area contributed by atoms with Crippen LogP contribution in [0.1, 0.15) is 35.3 Å². The van der Waals surface area contributed by atoms with Crippen LogP contribution in [0.3, 0.4) is 0 Å². The van der Waals surface area contributed by atoms with Gasteiger partial charge >= 0.3 is 5.97 Å². The largest absolute Gasteiger partial charge is 0.496 e.